The molecule has 0 N–H and O–H groups in total. The van der Waals surface area contributed by atoms with E-state index in [1.807, 2.05) is 0 Å². The molecule has 4 nitrogen and oxygen atoms in total. The monoisotopic (exact) mass is 199 g/mol. The molecule has 0 bridgehead atoms. The predicted octanol–water partition coefficient (Wildman–Crippen LogP) is 3.28. The Hall–Kier alpha value is -0.730. The van der Waals surface area contributed by atoms with E-state index in [1.54, 1.807) is 0 Å². The van der Waals surface area contributed by atoms with Crippen molar-refractivity contribution in [1.29, 1.82) is 0 Å². The van der Waals surface area contributed by atoms with Crippen LogP contribution < -0.4 is 0 Å². The van der Waals surface area contributed by atoms with Crippen molar-refractivity contribution in [2.45, 2.75) is 51.7 Å². The van der Waals surface area contributed by atoms with Crippen LogP contribution in [0.3, 0.4) is 0 Å². The van der Waals surface area contributed by atoms with Crippen LogP contribution in [-0.2, 0) is 4.74 Å². The van der Waals surface area contributed by atoms with Crippen LogP contribution in [0.5, 0.6) is 0 Å². The maximum Gasteiger partial charge on any atom is 0.0686 e. The van der Waals surface area contributed by atoms with Gasteiger partial charge in [-0.3, -0.25) is 0 Å². The first-order valence-corrected chi connectivity index (χ1v) is 5.31. The normalized spacial score (nSPS) is 34.7. The van der Waals surface area contributed by atoms with Crippen LogP contribution in [0.4, 0.5) is 0 Å². The Morgan fingerprint density at radius 3 is 3.07 bits per heavy atom. The highest BCUT2D eigenvalue weighted by Gasteiger charge is 2.30. The molecule has 0 aromatic heterocycles. The van der Waals surface area contributed by atoms with Crippen molar-refractivity contribution < 1.29 is 6.11 Å². The number of nitrogens with zero attached hydrogens (tertiary/aromatic N) is 3. The van der Waals surface area contributed by atoms with Crippen molar-refractivity contribution in [3.63, 3.8) is 0 Å². The fourth-order valence-corrected chi connectivity index (χ4v) is 1.82. The maximum absolute atomic E-state index is 8.50. The first-order valence-electron chi connectivity index (χ1n) is 5.88. The summed E-state index contributed by atoms with van der Waals surface area (Å²) in [4.78, 5) is 2.88. The second-order valence-electron chi connectivity index (χ2n) is 3.89. The van der Waals surface area contributed by atoms with Crippen LogP contribution in [0, 0.1) is 5.92 Å². The van der Waals surface area contributed by atoms with E-state index in [9.17, 15) is 0 Å². The lowest BCUT2D eigenvalue weighted by molar-refractivity contribution is 0.0697. The van der Waals surface area contributed by atoms with Crippen LogP contribution in [0.25, 0.3) is 10.4 Å². The number of ether oxygens (including phenoxy) is 1. The molecule has 1 aliphatic heterocycles. The third-order valence-corrected chi connectivity index (χ3v) is 2.71. The first kappa shape index (κ1) is 9.81. The molecule has 0 unspecified atom stereocenters. The minimum atomic E-state index is -0.442. The highest BCUT2D eigenvalue weighted by molar-refractivity contribution is 4.84. The molecule has 80 valence electrons. The van der Waals surface area contributed by atoms with E-state index < -0.39 is 6.58 Å². The molecule has 4 atom stereocenters. The van der Waals surface area contributed by atoms with Crippen molar-refractivity contribution >= 4 is 0 Å². The van der Waals surface area contributed by atoms with Gasteiger partial charge in [0, 0.05) is 11.5 Å². The van der Waals surface area contributed by atoms with Crippen LogP contribution in [0.15, 0.2) is 5.11 Å². The summed E-state index contributed by atoms with van der Waals surface area (Å²) >= 11 is 0. The number of rotatable bonds is 5. The summed E-state index contributed by atoms with van der Waals surface area (Å²) in [6.07, 6.45) is 3.67. The zero-order valence-electron chi connectivity index (χ0n) is 9.89. The van der Waals surface area contributed by atoms with Gasteiger partial charge < -0.3 is 4.74 Å². The fraction of sp³-hybridized carbons (Fsp3) is 1.00. The second kappa shape index (κ2) is 5.89. The number of unbranched alkanes of at least 4 members (excludes halogenated alkanes) is 1. The largest absolute Gasteiger partial charge is 0.378 e. The summed E-state index contributed by atoms with van der Waals surface area (Å²) in [7, 11) is 0. The third-order valence-electron chi connectivity index (χ3n) is 2.71. The van der Waals surface area contributed by atoms with E-state index in [0.717, 1.165) is 25.7 Å². The van der Waals surface area contributed by atoms with Crippen molar-refractivity contribution in [1.82, 2.24) is 0 Å². The average molecular weight is 199 g/mol. The Bertz CT molecular complexity index is 243. The van der Waals surface area contributed by atoms with Gasteiger partial charge in [-0.15, -0.1) is 0 Å². The standard InChI is InChI=1S/C10H19N3O/c1-3-4-5-9(12-13-11)10-8(2)6-7-14-10/h8-10H,3-7H2,1-2H3/t8-,9+,10-/m0/s1/i7T/t7-,8-,9+,10-. The molecule has 0 amide bonds. The van der Waals surface area contributed by atoms with Crippen LogP contribution in [0.1, 0.15) is 40.9 Å². The Morgan fingerprint density at radius 1 is 1.79 bits per heavy atom. The molecule has 4 heteroatoms. The number of azide groups is 1. The van der Waals surface area contributed by atoms with Gasteiger partial charge in [0.2, 0.25) is 0 Å². The Labute approximate surface area is 86.7 Å². The summed E-state index contributed by atoms with van der Waals surface area (Å²) in [5.41, 5.74) is 8.50. The predicted molar refractivity (Wildman–Crippen MR) is 56.0 cm³/mol. The number of hydrogen-bond acceptors (Lipinski definition) is 2. The van der Waals surface area contributed by atoms with Gasteiger partial charge in [0.25, 0.3) is 0 Å². The fourth-order valence-electron chi connectivity index (χ4n) is 1.82. The van der Waals surface area contributed by atoms with Crippen LogP contribution in [-0.4, -0.2) is 18.7 Å². The zero-order valence-corrected chi connectivity index (χ0v) is 8.89. The van der Waals surface area contributed by atoms with Crippen molar-refractivity contribution in [2.24, 2.45) is 11.0 Å². The average Bonchev–Trinajstić information content (AvgIpc) is 2.52. The molecule has 1 aliphatic rings. The lowest BCUT2D eigenvalue weighted by atomic mass is 9.95. The van der Waals surface area contributed by atoms with Crippen LogP contribution in [0.2, 0.25) is 0 Å². The van der Waals surface area contributed by atoms with Crippen molar-refractivity contribution in [2.75, 3.05) is 6.58 Å². The molecule has 0 saturated carbocycles. The smallest absolute Gasteiger partial charge is 0.0686 e. The highest BCUT2D eigenvalue weighted by atomic mass is 16.5. The Balaban J connectivity index is 2.58. The molecule has 1 rings (SSSR count). The van der Waals surface area contributed by atoms with Crippen molar-refractivity contribution in [3.8, 4) is 0 Å². The van der Waals surface area contributed by atoms with E-state index >= 15 is 0 Å². The Kier molecular flexibility index (Phi) is 4.13. The molecule has 0 radical (unpaired) electrons. The van der Waals surface area contributed by atoms with Gasteiger partial charge in [-0.1, -0.05) is 31.8 Å². The van der Waals surface area contributed by atoms with Gasteiger partial charge in [0.15, 0.2) is 0 Å². The molecule has 0 aromatic rings. The van der Waals surface area contributed by atoms with E-state index in [4.69, 9.17) is 11.6 Å². The molecule has 0 aromatic carbocycles. The summed E-state index contributed by atoms with van der Waals surface area (Å²) in [6, 6.07) is -0.0969. The van der Waals surface area contributed by atoms with E-state index in [-0.39, 0.29) is 12.1 Å². The van der Waals surface area contributed by atoms with Crippen molar-refractivity contribution in [3.05, 3.63) is 10.4 Å². The van der Waals surface area contributed by atoms with Crippen LogP contribution >= 0.6 is 0 Å². The van der Waals surface area contributed by atoms with Gasteiger partial charge in [0.05, 0.1) is 13.5 Å². The van der Waals surface area contributed by atoms with Gasteiger partial charge in [-0.25, -0.2) is 0 Å². The topological polar surface area (TPSA) is 58.0 Å². The van der Waals surface area contributed by atoms with Gasteiger partial charge in [-0.05, 0) is 24.3 Å². The number of hydrogen-bond donors (Lipinski definition) is 0. The lowest BCUT2D eigenvalue weighted by Gasteiger charge is -2.21. The minimum absolute atomic E-state index is 0.0602. The summed E-state index contributed by atoms with van der Waals surface area (Å²) in [6.45, 7) is 3.73. The zero-order chi connectivity index (χ0) is 11.3. The molecule has 1 heterocycles. The van der Waals surface area contributed by atoms with E-state index in [1.165, 1.54) is 0 Å². The van der Waals surface area contributed by atoms with E-state index in [2.05, 4.69) is 23.9 Å². The molecular formula is C10H19N3O. The highest BCUT2D eigenvalue weighted by Crippen LogP contribution is 2.27. The molecule has 0 spiro atoms. The first-order chi connectivity index (χ1) is 7.19. The lowest BCUT2D eigenvalue weighted by Crippen LogP contribution is -2.28. The second-order valence-corrected chi connectivity index (χ2v) is 3.89. The summed E-state index contributed by atoms with van der Waals surface area (Å²) < 4.78 is 13.0. The maximum atomic E-state index is 8.50. The summed E-state index contributed by atoms with van der Waals surface area (Å²) in [5, 5.41) is 3.80. The van der Waals surface area contributed by atoms with Gasteiger partial charge >= 0.3 is 0 Å². The molecule has 1 fully saturated rings. The molecule has 0 aliphatic carbocycles. The quantitative estimate of drug-likeness (QED) is 0.381. The SMILES string of the molecule is [3H][C@H]1C[C@H](C)[C@@H]([C@@H](CCCC)N=[N+]=[N-])O1. The van der Waals surface area contributed by atoms with Gasteiger partial charge in [-0.2, -0.15) is 0 Å². The molecule has 14 heavy (non-hydrogen) atoms. The molecule has 1 saturated heterocycles. The molecular weight excluding hydrogens is 178 g/mol. The third kappa shape index (κ3) is 2.89. The summed E-state index contributed by atoms with van der Waals surface area (Å²) in [5.74, 6) is 0.319. The minimum Gasteiger partial charge on any atom is -0.378 e. The van der Waals surface area contributed by atoms with E-state index in [0.29, 0.717) is 5.92 Å². The van der Waals surface area contributed by atoms with Gasteiger partial charge in [0.1, 0.15) is 0 Å². The Morgan fingerprint density at radius 2 is 2.57 bits per heavy atom.